The lowest BCUT2D eigenvalue weighted by atomic mass is 10.3. The summed E-state index contributed by atoms with van der Waals surface area (Å²) in [7, 11) is 0. The molecule has 0 radical (unpaired) electrons. The van der Waals surface area contributed by atoms with E-state index in [1.165, 1.54) is 0 Å². The van der Waals surface area contributed by atoms with Crippen molar-refractivity contribution < 1.29 is 0 Å². The van der Waals surface area contributed by atoms with E-state index < -0.39 is 0 Å². The summed E-state index contributed by atoms with van der Waals surface area (Å²) < 4.78 is 0.907. The summed E-state index contributed by atoms with van der Waals surface area (Å²) >= 11 is 9.17. The van der Waals surface area contributed by atoms with Crippen molar-refractivity contribution in [3.63, 3.8) is 0 Å². The SMILES string of the molecule is Clc1nccc2ncc(Br)cc12. The number of pyridine rings is 2. The summed E-state index contributed by atoms with van der Waals surface area (Å²) in [4.78, 5) is 8.12. The highest BCUT2D eigenvalue weighted by molar-refractivity contribution is 9.10. The molecule has 0 N–H and O–H groups in total. The van der Waals surface area contributed by atoms with Crippen molar-refractivity contribution in [1.29, 1.82) is 0 Å². The van der Waals surface area contributed by atoms with Gasteiger partial charge in [0.05, 0.1) is 5.52 Å². The highest BCUT2D eigenvalue weighted by atomic mass is 79.9. The average Bonchev–Trinajstić information content (AvgIpc) is 2.07. The second-order valence-electron chi connectivity index (χ2n) is 2.32. The Balaban J connectivity index is 2.88. The number of fused-ring (bicyclic) bond motifs is 1. The molecule has 12 heavy (non-hydrogen) atoms. The van der Waals surface area contributed by atoms with Crippen LogP contribution in [0.2, 0.25) is 5.15 Å². The van der Waals surface area contributed by atoms with Crippen molar-refractivity contribution in [2.24, 2.45) is 0 Å². The monoisotopic (exact) mass is 242 g/mol. The van der Waals surface area contributed by atoms with E-state index in [9.17, 15) is 0 Å². The third kappa shape index (κ3) is 1.30. The van der Waals surface area contributed by atoms with Crippen LogP contribution >= 0.6 is 27.5 Å². The average molecular weight is 243 g/mol. The first-order valence-electron chi connectivity index (χ1n) is 3.33. The number of hydrogen-bond donors (Lipinski definition) is 0. The highest BCUT2D eigenvalue weighted by Gasteiger charge is 2.00. The fourth-order valence-corrected chi connectivity index (χ4v) is 1.53. The van der Waals surface area contributed by atoms with Gasteiger partial charge >= 0.3 is 0 Å². The Kier molecular flexibility index (Phi) is 1.98. The summed E-state index contributed by atoms with van der Waals surface area (Å²) in [5, 5.41) is 1.36. The molecule has 2 rings (SSSR count). The van der Waals surface area contributed by atoms with E-state index in [-0.39, 0.29) is 0 Å². The van der Waals surface area contributed by atoms with Gasteiger partial charge in [0.1, 0.15) is 5.15 Å². The Hall–Kier alpha value is -0.670. The summed E-state index contributed by atoms with van der Waals surface area (Å²) in [6.07, 6.45) is 3.38. The Bertz CT molecular complexity index is 430. The van der Waals surface area contributed by atoms with Gasteiger partial charge in [-0.05, 0) is 28.1 Å². The third-order valence-electron chi connectivity index (χ3n) is 1.53. The maximum atomic E-state index is 5.86. The highest BCUT2D eigenvalue weighted by Crippen LogP contribution is 2.22. The number of aromatic nitrogens is 2. The quantitative estimate of drug-likeness (QED) is 0.665. The van der Waals surface area contributed by atoms with Gasteiger partial charge in [0.2, 0.25) is 0 Å². The fourth-order valence-electron chi connectivity index (χ4n) is 0.991. The largest absolute Gasteiger partial charge is 0.255 e. The molecule has 0 saturated heterocycles. The molecule has 0 atom stereocenters. The topological polar surface area (TPSA) is 25.8 Å². The zero-order valence-corrected chi connectivity index (χ0v) is 8.30. The lowest BCUT2D eigenvalue weighted by Gasteiger charge is -1.97. The van der Waals surface area contributed by atoms with Crippen LogP contribution in [0.25, 0.3) is 10.9 Å². The van der Waals surface area contributed by atoms with Crippen LogP contribution in [0.15, 0.2) is 29.0 Å². The van der Waals surface area contributed by atoms with Crippen molar-refractivity contribution in [3.05, 3.63) is 34.2 Å². The van der Waals surface area contributed by atoms with Crippen molar-refractivity contribution in [1.82, 2.24) is 9.97 Å². The van der Waals surface area contributed by atoms with Gasteiger partial charge in [-0.25, -0.2) is 4.98 Å². The molecule has 0 aromatic carbocycles. The summed E-state index contributed by atoms with van der Waals surface area (Å²) in [5.41, 5.74) is 0.859. The van der Waals surface area contributed by atoms with E-state index in [1.54, 1.807) is 12.4 Å². The predicted molar refractivity (Wildman–Crippen MR) is 52.2 cm³/mol. The molecular formula is C8H4BrClN2. The Morgan fingerprint density at radius 3 is 3.00 bits per heavy atom. The zero-order chi connectivity index (χ0) is 8.55. The van der Waals surface area contributed by atoms with E-state index in [4.69, 9.17) is 11.6 Å². The molecule has 2 aromatic heterocycles. The first kappa shape index (κ1) is 7.95. The normalized spacial score (nSPS) is 10.5. The Morgan fingerprint density at radius 2 is 2.17 bits per heavy atom. The van der Waals surface area contributed by atoms with Gasteiger partial charge in [-0.15, -0.1) is 0 Å². The number of nitrogens with zero attached hydrogens (tertiary/aromatic N) is 2. The molecule has 4 heteroatoms. The molecule has 0 bridgehead atoms. The minimum Gasteiger partial charge on any atom is -0.255 e. The van der Waals surface area contributed by atoms with Crippen molar-refractivity contribution in [2.45, 2.75) is 0 Å². The van der Waals surface area contributed by atoms with Gasteiger partial charge in [0.25, 0.3) is 0 Å². The van der Waals surface area contributed by atoms with E-state index in [0.717, 1.165) is 15.4 Å². The minimum atomic E-state index is 0.487. The second-order valence-corrected chi connectivity index (χ2v) is 3.60. The van der Waals surface area contributed by atoms with Crippen molar-refractivity contribution >= 4 is 38.4 Å². The molecule has 0 aliphatic rings. The zero-order valence-electron chi connectivity index (χ0n) is 5.96. The molecule has 2 aromatic rings. The van der Waals surface area contributed by atoms with Crippen LogP contribution in [0, 0.1) is 0 Å². The fraction of sp³-hybridized carbons (Fsp3) is 0. The van der Waals surface area contributed by atoms with Gasteiger partial charge in [-0.1, -0.05) is 11.6 Å². The maximum Gasteiger partial charge on any atom is 0.138 e. The molecule has 0 amide bonds. The molecule has 60 valence electrons. The van der Waals surface area contributed by atoms with Crippen LogP contribution in [-0.2, 0) is 0 Å². The van der Waals surface area contributed by atoms with Crippen LogP contribution in [0.5, 0.6) is 0 Å². The number of halogens is 2. The molecule has 0 saturated carbocycles. The lowest BCUT2D eigenvalue weighted by molar-refractivity contribution is 1.32. The molecule has 0 spiro atoms. The van der Waals surface area contributed by atoms with Crippen molar-refractivity contribution in [3.8, 4) is 0 Å². The third-order valence-corrected chi connectivity index (χ3v) is 2.26. The van der Waals surface area contributed by atoms with E-state index in [2.05, 4.69) is 25.9 Å². The van der Waals surface area contributed by atoms with Crippen molar-refractivity contribution in [2.75, 3.05) is 0 Å². The van der Waals surface area contributed by atoms with Crippen LogP contribution in [-0.4, -0.2) is 9.97 Å². The molecule has 0 fully saturated rings. The maximum absolute atomic E-state index is 5.86. The predicted octanol–water partition coefficient (Wildman–Crippen LogP) is 3.05. The van der Waals surface area contributed by atoms with Crippen LogP contribution in [0.3, 0.4) is 0 Å². The molecule has 2 nitrogen and oxygen atoms in total. The van der Waals surface area contributed by atoms with Gasteiger partial charge in [-0.3, -0.25) is 4.98 Å². The summed E-state index contributed by atoms with van der Waals surface area (Å²) in [6, 6.07) is 3.73. The van der Waals surface area contributed by atoms with Crippen LogP contribution in [0.4, 0.5) is 0 Å². The molecule has 0 aliphatic carbocycles. The van der Waals surface area contributed by atoms with Gasteiger partial charge in [0, 0.05) is 22.3 Å². The standard InChI is InChI=1S/C8H4BrClN2/c9-5-3-6-7(12-4-5)1-2-11-8(6)10/h1-4H. The van der Waals surface area contributed by atoms with E-state index in [1.807, 2.05) is 12.1 Å². The lowest BCUT2D eigenvalue weighted by Crippen LogP contribution is -1.81. The summed E-state index contributed by atoms with van der Waals surface area (Å²) in [5.74, 6) is 0. The van der Waals surface area contributed by atoms with Crippen LogP contribution in [0.1, 0.15) is 0 Å². The number of rotatable bonds is 0. The molecule has 2 heterocycles. The van der Waals surface area contributed by atoms with E-state index in [0.29, 0.717) is 5.15 Å². The minimum absolute atomic E-state index is 0.487. The first-order chi connectivity index (χ1) is 5.77. The second kappa shape index (κ2) is 2.99. The summed E-state index contributed by atoms with van der Waals surface area (Å²) in [6.45, 7) is 0. The van der Waals surface area contributed by atoms with E-state index >= 15 is 0 Å². The van der Waals surface area contributed by atoms with Gasteiger partial charge in [0.15, 0.2) is 0 Å². The number of hydrogen-bond acceptors (Lipinski definition) is 2. The molecule has 0 unspecified atom stereocenters. The molecular weight excluding hydrogens is 239 g/mol. The van der Waals surface area contributed by atoms with Crippen LogP contribution < -0.4 is 0 Å². The Labute approximate surface area is 82.7 Å². The van der Waals surface area contributed by atoms with Gasteiger partial charge < -0.3 is 0 Å². The Morgan fingerprint density at radius 1 is 1.33 bits per heavy atom. The smallest absolute Gasteiger partial charge is 0.138 e. The molecule has 0 aliphatic heterocycles. The first-order valence-corrected chi connectivity index (χ1v) is 4.50. The van der Waals surface area contributed by atoms with Gasteiger partial charge in [-0.2, -0.15) is 0 Å².